The van der Waals surface area contributed by atoms with E-state index < -0.39 is 5.82 Å². The van der Waals surface area contributed by atoms with Crippen molar-refractivity contribution >= 4 is 17.0 Å². The van der Waals surface area contributed by atoms with Crippen molar-refractivity contribution in [3.05, 3.63) is 46.4 Å². The first-order valence-corrected chi connectivity index (χ1v) is 6.74. The summed E-state index contributed by atoms with van der Waals surface area (Å²) in [6.07, 6.45) is 0. The maximum Gasteiger partial charge on any atom is 0.166 e. The number of phenolic OH excluding ortho intramolecular Hbond substituents is 1. The summed E-state index contributed by atoms with van der Waals surface area (Å²) in [6.45, 7) is 4.24. The van der Waals surface area contributed by atoms with Crippen LogP contribution >= 0.6 is 11.3 Å². The average Bonchev–Trinajstić information content (AvgIpc) is 2.83. The lowest BCUT2D eigenvalue weighted by atomic mass is 10.0. The maximum atomic E-state index is 13.3. The zero-order chi connectivity index (χ0) is 13.1. The number of aromatic hydroxyl groups is 1. The predicted molar refractivity (Wildman–Crippen MR) is 73.6 cm³/mol. The quantitative estimate of drug-likeness (QED) is 0.803. The van der Waals surface area contributed by atoms with E-state index in [4.69, 9.17) is 0 Å². The first-order chi connectivity index (χ1) is 8.58. The molecule has 2 rings (SSSR count). The second kappa shape index (κ2) is 5.40. The summed E-state index contributed by atoms with van der Waals surface area (Å²) in [5, 5.41) is 14.5. The molecule has 4 heteroatoms. The highest BCUT2D eigenvalue weighted by molar-refractivity contribution is 7.10. The monoisotopic (exact) mass is 265 g/mol. The highest BCUT2D eigenvalue weighted by Gasteiger charge is 2.17. The fourth-order valence-electron chi connectivity index (χ4n) is 1.81. The Kier molecular flexibility index (Phi) is 3.87. The molecule has 0 aliphatic rings. The summed E-state index contributed by atoms with van der Waals surface area (Å²) in [5.41, 5.74) is 0.678. The van der Waals surface area contributed by atoms with Crippen molar-refractivity contribution < 1.29 is 9.50 Å². The molecule has 1 heterocycles. The van der Waals surface area contributed by atoms with Gasteiger partial charge in [0.1, 0.15) is 0 Å². The van der Waals surface area contributed by atoms with E-state index in [1.54, 1.807) is 17.4 Å². The molecule has 2 aromatic rings. The van der Waals surface area contributed by atoms with Crippen LogP contribution in [0.3, 0.4) is 0 Å². The molecule has 0 radical (unpaired) electrons. The Morgan fingerprint density at radius 1 is 1.28 bits per heavy atom. The molecular weight excluding hydrogens is 249 g/mol. The van der Waals surface area contributed by atoms with Crippen LogP contribution < -0.4 is 5.32 Å². The molecule has 1 aromatic carbocycles. The number of rotatable bonds is 4. The minimum atomic E-state index is -0.603. The van der Waals surface area contributed by atoms with Gasteiger partial charge in [0.15, 0.2) is 11.6 Å². The van der Waals surface area contributed by atoms with Gasteiger partial charge in [0.05, 0.1) is 6.04 Å². The fourth-order valence-corrected chi connectivity index (χ4v) is 2.76. The molecule has 0 spiro atoms. The van der Waals surface area contributed by atoms with Crippen LogP contribution in [0.5, 0.6) is 5.75 Å². The van der Waals surface area contributed by atoms with Gasteiger partial charge in [-0.3, -0.25) is 0 Å². The van der Waals surface area contributed by atoms with Gasteiger partial charge in [-0.1, -0.05) is 19.9 Å². The second-order valence-corrected chi connectivity index (χ2v) is 5.53. The zero-order valence-electron chi connectivity index (χ0n) is 10.4. The average molecular weight is 265 g/mol. The number of thiophene rings is 1. The standard InChI is InChI=1S/C14H16FNOS/c1-9(2)14(13-4-3-7-18-13)16-10-5-6-12(17)11(15)8-10/h3-9,14,16-17H,1-2H3. The van der Waals surface area contributed by atoms with Gasteiger partial charge in [-0.25, -0.2) is 4.39 Å². The molecule has 0 aliphatic carbocycles. The third-order valence-corrected chi connectivity index (χ3v) is 3.74. The minimum Gasteiger partial charge on any atom is -0.505 e. The molecule has 0 fully saturated rings. The summed E-state index contributed by atoms with van der Waals surface area (Å²) in [5.74, 6) is -0.535. The third-order valence-electron chi connectivity index (χ3n) is 2.79. The van der Waals surface area contributed by atoms with E-state index in [9.17, 15) is 9.50 Å². The van der Waals surface area contributed by atoms with Crippen molar-refractivity contribution in [2.45, 2.75) is 19.9 Å². The van der Waals surface area contributed by atoms with Crippen molar-refractivity contribution in [2.75, 3.05) is 5.32 Å². The molecular formula is C14H16FNOS. The number of nitrogens with one attached hydrogen (secondary N) is 1. The van der Waals surface area contributed by atoms with Crippen LogP contribution in [0.25, 0.3) is 0 Å². The van der Waals surface area contributed by atoms with E-state index in [2.05, 4.69) is 25.2 Å². The largest absolute Gasteiger partial charge is 0.505 e. The number of hydrogen-bond donors (Lipinski definition) is 2. The number of benzene rings is 1. The van der Waals surface area contributed by atoms with Crippen molar-refractivity contribution in [2.24, 2.45) is 5.92 Å². The Bertz CT molecular complexity index is 511. The van der Waals surface area contributed by atoms with Crippen LogP contribution in [-0.4, -0.2) is 5.11 Å². The molecule has 2 nitrogen and oxygen atoms in total. The summed E-state index contributed by atoms with van der Waals surface area (Å²) in [7, 11) is 0. The third kappa shape index (κ3) is 2.82. The van der Waals surface area contributed by atoms with Gasteiger partial charge in [0.2, 0.25) is 0 Å². The summed E-state index contributed by atoms with van der Waals surface area (Å²) >= 11 is 1.68. The highest BCUT2D eigenvalue weighted by atomic mass is 32.1. The molecule has 0 saturated heterocycles. The fraction of sp³-hybridized carbons (Fsp3) is 0.286. The second-order valence-electron chi connectivity index (χ2n) is 4.55. The van der Waals surface area contributed by atoms with E-state index in [1.807, 2.05) is 11.4 Å². The molecule has 0 saturated carbocycles. The SMILES string of the molecule is CC(C)C(Nc1ccc(O)c(F)c1)c1cccs1. The van der Waals surface area contributed by atoms with Gasteiger partial charge in [0, 0.05) is 16.6 Å². The van der Waals surface area contributed by atoms with Gasteiger partial charge in [-0.05, 0) is 29.5 Å². The first kappa shape index (κ1) is 12.9. The van der Waals surface area contributed by atoms with Gasteiger partial charge in [0.25, 0.3) is 0 Å². The molecule has 2 N–H and O–H groups in total. The van der Waals surface area contributed by atoms with Crippen LogP contribution in [0.4, 0.5) is 10.1 Å². The molecule has 0 amide bonds. The Hall–Kier alpha value is -1.55. The van der Waals surface area contributed by atoms with Crippen molar-refractivity contribution in [3.63, 3.8) is 0 Å². The Labute approximate surface area is 110 Å². The van der Waals surface area contributed by atoms with E-state index >= 15 is 0 Å². The molecule has 1 atom stereocenters. The normalized spacial score (nSPS) is 12.7. The van der Waals surface area contributed by atoms with E-state index in [1.165, 1.54) is 17.0 Å². The van der Waals surface area contributed by atoms with Crippen LogP contribution in [0.2, 0.25) is 0 Å². The number of anilines is 1. The van der Waals surface area contributed by atoms with Crippen LogP contribution in [0, 0.1) is 11.7 Å². The van der Waals surface area contributed by atoms with Crippen LogP contribution in [-0.2, 0) is 0 Å². The topological polar surface area (TPSA) is 32.3 Å². The van der Waals surface area contributed by atoms with Gasteiger partial charge in [-0.15, -0.1) is 11.3 Å². The Morgan fingerprint density at radius 3 is 2.61 bits per heavy atom. The van der Waals surface area contributed by atoms with E-state index in [0.717, 1.165) is 0 Å². The van der Waals surface area contributed by atoms with Crippen LogP contribution in [0.1, 0.15) is 24.8 Å². The number of phenols is 1. The zero-order valence-corrected chi connectivity index (χ0v) is 11.2. The van der Waals surface area contributed by atoms with Crippen molar-refractivity contribution in [3.8, 4) is 5.75 Å². The maximum absolute atomic E-state index is 13.3. The predicted octanol–water partition coefficient (Wildman–Crippen LogP) is 4.40. The van der Waals surface area contributed by atoms with Gasteiger partial charge in [-0.2, -0.15) is 0 Å². The Balaban J connectivity index is 2.21. The smallest absolute Gasteiger partial charge is 0.166 e. The van der Waals surface area contributed by atoms with Gasteiger partial charge >= 0.3 is 0 Å². The van der Waals surface area contributed by atoms with E-state index in [0.29, 0.717) is 11.6 Å². The first-order valence-electron chi connectivity index (χ1n) is 5.86. The molecule has 1 unspecified atom stereocenters. The summed E-state index contributed by atoms with van der Waals surface area (Å²) in [4.78, 5) is 1.22. The lowest BCUT2D eigenvalue weighted by Crippen LogP contribution is -2.15. The molecule has 1 aromatic heterocycles. The number of hydrogen-bond acceptors (Lipinski definition) is 3. The van der Waals surface area contributed by atoms with Crippen molar-refractivity contribution in [1.82, 2.24) is 0 Å². The van der Waals surface area contributed by atoms with E-state index in [-0.39, 0.29) is 11.8 Å². The summed E-state index contributed by atoms with van der Waals surface area (Å²) < 4.78 is 13.3. The number of halogens is 1. The Morgan fingerprint density at radius 2 is 2.06 bits per heavy atom. The highest BCUT2D eigenvalue weighted by Crippen LogP contribution is 2.30. The van der Waals surface area contributed by atoms with Crippen LogP contribution in [0.15, 0.2) is 35.7 Å². The molecule has 0 bridgehead atoms. The lowest BCUT2D eigenvalue weighted by Gasteiger charge is -2.22. The van der Waals surface area contributed by atoms with Gasteiger partial charge < -0.3 is 10.4 Å². The van der Waals surface area contributed by atoms with Crippen molar-refractivity contribution in [1.29, 1.82) is 0 Å². The summed E-state index contributed by atoms with van der Waals surface area (Å²) in [6, 6.07) is 8.59. The molecule has 96 valence electrons. The molecule has 18 heavy (non-hydrogen) atoms. The lowest BCUT2D eigenvalue weighted by molar-refractivity contribution is 0.432. The molecule has 0 aliphatic heterocycles. The minimum absolute atomic E-state index is 0.147.